The maximum atomic E-state index is 2.68. The lowest BCUT2D eigenvalue weighted by molar-refractivity contribution is 0.590. The Kier molecular flexibility index (Phi) is 14.5. The highest BCUT2D eigenvalue weighted by molar-refractivity contribution is 7.33. The monoisotopic (exact) mass is 1200 g/mol. The van der Waals surface area contributed by atoms with E-state index in [2.05, 4.69) is 365 Å². The van der Waals surface area contributed by atoms with E-state index in [0.29, 0.717) is 0 Å². The van der Waals surface area contributed by atoms with Gasteiger partial charge in [-0.2, -0.15) is 0 Å². The quantitative estimate of drug-likeness (QED) is 0.0998. The van der Waals surface area contributed by atoms with Crippen molar-refractivity contribution in [1.29, 1.82) is 0 Å². The molecule has 0 saturated carbocycles. The van der Waals surface area contributed by atoms with Crippen LogP contribution in [0, 0.1) is 0 Å². The Labute approximate surface area is 540 Å². The molecule has 0 amide bonds. The molecular formula is C84H80BN3SSi. The SMILES string of the molecule is CC(C)(C)c1ccc(N(c2ccc(C(C)(C)C)cc2)c2ccc3c(c2)N(c2ccc(C(C)(C)C)cc2)c2cc([Si](c4ccccc4)(c4ccccc4)c4ccccc4)cc4c2B3c2sc3ccc(-c5ccccc5)cc3c2N4c2ccc(C(C)(C)C)cc2)cc1. The van der Waals surface area contributed by atoms with Gasteiger partial charge in [-0.15, -0.1) is 11.3 Å². The number of hydrogen-bond acceptors (Lipinski definition) is 4. The van der Waals surface area contributed by atoms with E-state index in [9.17, 15) is 0 Å². The predicted octanol–water partition coefficient (Wildman–Crippen LogP) is 18.7. The summed E-state index contributed by atoms with van der Waals surface area (Å²) in [5, 5.41) is 6.58. The number of thiophene rings is 1. The van der Waals surface area contributed by atoms with Gasteiger partial charge in [-0.05, 0) is 172 Å². The Bertz CT molecular complexity index is 4440. The molecule has 0 aliphatic carbocycles. The number of benzene rings is 11. The number of hydrogen-bond donors (Lipinski definition) is 0. The van der Waals surface area contributed by atoms with Crippen molar-refractivity contribution in [3.8, 4) is 11.1 Å². The zero-order valence-electron chi connectivity index (χ0n) is 54.2. The second-order valence-electron chi connectivity index (χ2n) is 29.0. The fourth-order valence-corrected chi connectivity index (χ4v) is 20.2. The largest absolute Gasteiger partial charge is 0.311 e. The highest BCUT2D eigenvalue weighted by Crippen LogP contribution is 2.50. The minimum absolute atomic E-state index is 0.000329. The van der Waals surface area contributed by atoms with Crippen molar-refractivity contribution in [1.82, 2.24) is 0 Å². The molecule has 6 heteroatoms. The topological polar surface area (TPSA) is 9.72 Å². The molecule has 1 aromatic heterocycles. The van der Waals surface area contributed by atoms with E-state index in [0.717, 1.165) is 28.4 Å². The molecule has 444 valence electrons. The first kappa shape index (κ1) is 58.7. The van der Waals surface area contributed by atoms with Gasteiger partial charge < -0.3 is 14.7 Å². The Hall–Kier alpha value is -8.94. The lowest BCUT2D eigenvalue weighted by Gasteiger charge is -2.45. The smallest absolute Gasteiger partial charge is 0.264 e. The average molecular weight is 1200 g/mol. The van der Waals surface area contributed by atoms with E-state index in [1.807, 2.05) is 11.3 Å². The predicted molar refractivity (Wildman–Crippen MR) is 394 cm³/mol. The van der Waals surface area contributed by atoms with Gasteiger partial charge in [0.05, 0.1) is 5.69 Å². The Balaban J connectivity index is 1.14. The zero-order chi connectivity index (χ0) is 62.5. The van der Waals surface area contributed by atoms with Crippen LogP contribution in [0.15, 0.2) is 267 Å². The van der Waals surface area contributed by atoms with E-state index in [-0.39, 0.29) is 28.4 Å². The van der Waals surface area contributed by atoms with Gasteiger partial charge in [0.25, 0.3) is 6.71 Å². The molecule has 0 fully saturated rings. The first-order valence-corrected chi connectivity index (χ1v) is 34.9. The average Bonchev–Trinajstić information content (AvgIpc) is 1.17. The van der Waals surface area contributed by atoms with Crippen LogP contribution in [-0.2, 0) is 21.7 Å². The summed E-state index contributed by atoms with van der Waals surface area (Å²) in [5.74, 6) is 0. The van der Waals surface area contributed by atoms with Crippen LogP contribution in [0.1, 0.15) is 105 Å². The number of anilines is 9. The molecule has 11 aromatic carbocycles. The number of rotatable bonds is 10. The first-order valence-electron chi connectivity index (χ1n) is 32.1. The molecule has 0 unspecified atom stereocenters. The molecule has 3 nitrogen and oxygen atoms in total. The molecule has 0 spiro atoms. The van der Waals surface area contributed by atoms with Crippen LogP contribution < -0.4 is 51.1 Å². The van der Waals surface area contributed by atoms with E-state index in [4.69, 9.17) is 0 Å². The maximum absolute atomic E-state index is 3.22. The van der Waals surface area contributed by atoms with Crippen molar-refractivity contribution in [2.75, 3.05) is 14.7 Å². The van der Waals surface area contributed by atoms with Gasteiger partial charge in [0.2, 0.25) is 0 Å². The summed E-state index contributed by atoms with van der Waals surface area (Å²) < 4.78 is 2.62. The van der Waals surface area contributed by atoms with Crippen LogP contribution in [0.4, 0.5) is 51.2 Å². The van der Waals surface area contributed by atoms with Gasteiger partial charge in [0.15, 0.2) is 8.07 Å². The summed E-state index contributed by atoms with van der Waals surface area (Å²) >= 11 is 1.96. The molecule has 0 radical (unpaired) electrons. The van der Waals surface area contributed by atoms with Crippen LogP contribution in [-0.4, -0.2) is 14.8 Å². The zero-order valence-corrected chi connectivity index (χ0v) is 56.0. The molecule has 2 aliphatic rings. The second-order valence-corrected chi connectivity index (χ2v) is 33.9. The summed E-state index contributed by atoms with van der Waals surface area (Å²) in [6.07, 6.45) is 0. The first-order chi connectivity index (χ1) is 43.2. The molecule has 0 atom stereocenters. The van der Waals surface area contributed by atoms with Gasteiger partial charge >= 0.3 is 0 Å². The van der Waals surface area contributed by atoms with Crippen LogP contribution in [0.2, 0.25) is 0 Å². The molecule has 14 rings (SSSR count). The Morgan fingerprint density at radius 2 is 0.744 bits per heavy atom. The van der Waals surface area contributed by atoms with E-state index < -0.39 is 8.07 Å². The number of fused-ring (bicyclic) bond motifs is 6. The van der Waals surface area contributed by atoms with Crippen LogP contribution in [0.5, 0.6) is 0 Å². The van der Waals surface area contributed by atoms with Gasteiger partial charge in [-0.3, -0.25) is 0 Å². The second kappa shape index (κ2) is 22.2. The van der Waals surface area contributed by atoms with Crippen LogP contribution in [0.3, 0.4) is 0 Å². The van der Waals surface area contributed by atoms with Crippen molar-refractivity contribution in [3.05, 3.63) is 289 Å². The van der Waals surface area contributed by atoms with E-state index in [1.54, 1.807) is 0 Å². The van der Waals surface area contributed by atoms with Crippen LogP contribution >= 0.6 is 11.3 Å². The van der Waals surface area contributed by atoms with Gasteiger partial charge in [0.1, 0.15) is 0 Å². The summed E-state index contributed by atoms with van der Waals surface area (Å²) in [6.45, 7) is 27.6. The Morgan fingerprint density at radius 1 is 0.344 bits per heavy atom. The fraction of sp³-hybridized carbons (Fsp3) is 0.190. The Morgan fingerprint density at radius 3 is 1.19 bits per heavy atom. The molecular weight excluding hydrogens is 1120 g/mol. The number of nitrogens with zero attached hydrogens (tertiary/aromatic N) is 3. The molecule has 90 heavy (non-hydrogen) atoms. The third-order valence-electron chi connectivity index (χ3n) is 19.0. The molecule has 0 bridgehead atoms. The summed E-state index contributed by atoms with van der Waals surface area (Å²) in [7, 11) is -3.22. The van der Waals surface area contributed by atoms with Gasteiger partial charge in [-0.25, -0.2) is 0 Å². The lowest BCUT2D eigenvalue weighted by Crippen LogP contribution is -2.75. The molecule has 0 saturated heterocycles. The van der Waals surface area contributed by atoms with Crippen molar-refractivity contribution in [2.24, 2.45) is 0 Å². The van der Waals surface area contributed by atoms with E-state index in [1.165, 1.54) is 103 Å². The highest BCUT2D eigenvalue weighted by atomic mass is 32.1. The summed E-state index contributed by atoms with van der Waals surface area (Å²) in [5.41, 5.74) is 20.6. The maximum Gasteiger partial charge on any atom is 0.264 e. The summed E-state index contributed by atoms with van der Waals surface area (Å²) in [4.78, 5) is 7.81. The van der Waals surface area contributed by atoms with Crippen molar-refractivity contribution in [3.63, 3.8) is 0 Å². The summed E-state index contributed by atoms with van der Waals surface area (Å²) in [6, 6.07) is 103. The molecule has 0 N–H and O–H groups in total. The fourth-order valence-electron chi connectivity index (χ4n) is 14.1. The van der Waals surface area contributed by atoms with Gasteiger partial charge in [-0.1, -0.05) is 265 Å². The third-order valence-corrected chi connectivity index (χ3v) is 25.0. The minimum Gasteiger partial charge on any atom is -0.311 e. The third kappa shape index (κ3) is 10.2. The van der Waals surface area contributed by atoms with Crippen molar-refractivity contribution >= 4 is 124 Å². The van der Waals surface area contributed by atoms with Crippen LogP contribution in [0.25, 0.3) is 21.2 Å². The lowest BCUT2D eigenvalue weighted by atomic mass is 9.36. The molecule has 2 aliphatic heterocycles. The highest BCUT2D eigenvalue weighted by Gasteiger charge is 2.49. The standard InChI is InChI=1S/C84H80BN3SSi/c1-81(2,3)59-34-42-63(43-35-59)86(64-44-36-60(37-45-64)82(4,5)6)67-50-51-73-74(54-67)87(65-46-38-61(39-47-65)83(7,8)9)75-55-71(90(68-27-19-14-20-28-68,69-29-21-15-22-30-69)70-31-23-16-24-32-70)56-76-78(75)85(73)80-79(88(76)66-48-40-62(41-49-66)84(10,11)12)72-53-58(33-52-77(72)89-80)57-25-17-13-18-26-57/h13-56H,1-12H3. The van der Waals surface area contributed by atoms with Crippen molar-refractivity contribution < 1.29 is 0 Å². The minimum atomic E-state index is -3.22. The van der Waals surface area contributed by atoms with Crippen molar-refractivity contribution in [2.45, 2.75) is 105 Å². The molecule has 3 heterocycles. The normalized spacial score (nSPS) is 13.3. The van der Waals surface area contributed by atoms with E-state index >= 15 is 0 Å². The van der Waals surface area contributed by atoms with Gasteiger partial charge in [0, 0.05) is 60.4 Å². The molecule has 12 aromatic rings.